The molecule has 0 aliphatic rings. The number of oxazole rings is 1. The molecule has 0 saturated heterocycles. The normalized spacial score (nSPS) is 12.3. The summed E-state index contributed by atoms with van der Waals surface area (Å²) < 4.78 is 5.40. The monoisotopic (exact) mass is 520 g/mol. The number of aromatic amines is 2. The van der Waals surface area contributed by atoms with Gasteiger partial charge in [0.1, 0.15) is 18.3 Å². The molecule has 14 nitrogen and oxygen atoms in total. The average molecular weight is 521 g/mol. The van der Waals surface area contributed by atoms with E-state index in [0.29, 0.717) is 17.0 Å². The number of nitrogens with zero attached hydrogens (tertiary/aromatic N) is 3. The minimum Gasteiger partial charge on any atom is -0.480 e. The lowest BCUT2D eigenvalue weighted by Gasteiger charge is -2.18. The van der Waals surface area contributed by atoms with E-state index < -0.39 is 42.3 Å². The van der Waals surface area contributed by atoms with E-state index in [9.17, 15) is 24.3 Å². The molecule has 3 amide bonds. The summed E-state index contributed by atoms with van der Waals surface area (Å²) in [5.41, 5.74) is 1.72. The van der Waals surface area contributed by atoms with E-state index in [2.05, 4.69) is 40.9 Å². The second-order valence-corrected chi connectivity index (χ2v) is 8.17. The minimum atomic E-state index is -1.24. The lowest BCUT2D eigenvalue weighted by Crippen LogP contribution is -2.51. The van der Waals surface area contributed by atoms with Crippen molar-refractivity contribution < 1.29 is 28.7 Å². The number of amides is 3. The molecule has 4 aromatic rings. The van der Waals surface area contributed by atoms with Gasteiger partial charge in [-0.2, -0.15) is 0 Å². The minimum absolute atomic E-state index is 0.0177. The molecule has 196 valence electrons. The Kier molecular flexibility index (Phi) is 8.23. The van der Waals surface area contributed by atoms with Crippen molar-refractivity contribution in [3.63, 3.8) is 0 Å². The highest BCUT2D eigenvalue weighted by molar-refractivity contribution is 5.97. The second kappa shape index (κ2) is 12.1. The first-order chi connectivity index (χ1) is 18.4. The zero-order chi connectivity index (χ0) is 26.9. The number of rotatable bonds is 12. The van der Waals surface area contributed by atoms with Gasteiger partial charge < -0.3 is 35.4 Å². The van der Waals surface area contributed by atoms with Crippen LogP contribution in [0.4, 0.5) is 0 Å². The van der Waals surface area contributed by atoms with Crippen LogP contribution in [0.3, 0.4) is 0 Å². The summed E-state index contributed by atoms with van der Waals surface area (Å²) in [7, 11) is 0. The molecule has 14 heteroatoms. The molecular weight excluding hydrogens is 496 g/mol. The number of hydrogen-bond donors (Lipinski definition) is 6. The molecule has 4 rings (SSSR count). The third kappa shape index (κ3) is 6.90. The van der Waals surface area contributed by atoms with Crippen LogP contribution in [0.2, 0.25) is 0 Å². The molecule has 0 aliphatic heterocycles. The van der Waals surface area contributed by atoms with Crippen LogP contribution in [-0.4, -0.2) is 72.3 Å². The molecule has 0 unspecified atom stereocenters. The number of aliphatic carboxylic acids is 1. The number of carbonyl (C=O) groups excluding carboxylic acids is 3. The number of H-pyrrole nitrogens is 2. The summed E-state index contributed by atoms with van der Waals surface area (Å²) in [6.07, 6.45) is 6.97. The summed E-state index contributed by atoms with van der Waals surface area (Å²) in [5, 5.41) is 16.8. The predicted octanol–water partition coefficient (Wildman–Crippen LogP) is 0.0572. The molecule has 0 bridgehead atoms. The number of carbonyl (C=O) groups is 4. The van der Waals surface area contributed by atoms with Gasteiger partial charge in [-0.1, -0.05) is 18.2 Å². The standard InChI is InChI=1S/C24H24N8O6/c33-20(30-18(24(36)37)7-16-9-26-13-29-16)10-27-21(34)17(6-15-8-25-12-28-15)31-22(35)19-11-38-23(32-19)14-4-2-1-3-5-14/h1-5,8-9,11-13,17-18H,6-7,10H2,(H,25,28)(H,26,29)(H,27,34)(H,30,33)(H,31,35)(H,36,37)/t17-,18-/m0/s1. The van der Waals surface area contributed by atoms with Crippen LogP contribution in [0.15, 0.2) is 66.1 Å². The quantitative estimate of drug-likeness (QED) is 0.149. The number of benzene rings is 1. The van der Waals surface area contributed by atoms with Crippen molar-refractivity contribution in [1.29, 1.82) is 0 Å². The van der Waals surface area contributed by atoms with Gasteiger partial charge in [0.15, 0.2) is 5.69 Å². The Hall–Kier alpha value is -5.27. The third-order valence-electron chi connectivity index (χ3n) is 5.39. The summed E-state index contributed by atoms with van der Waals surface area (Å²) in [4.78, 5) is 67.2. The van der Waals surface area contributed by atoms with Crippen LogP contribution in [0.1, 0.15) is 21.9 Å². The molecule has 0 spiro atoms. The average Bonchev–Trinajstić information content (AvgIpc) is 3.70. The summed E-state index contributed by atoms with van der Waals surface area (Å²) in [5.74, 6) is -3.06. The van der Waals surface area contributed by atoms with Crippen molar-refractivity contribution >= 4 is 23.7 Å². The van der Waals surface area contributed by atoms with Crippen molar-refractivity contribution in [2.45, 2.75) is 24.9 Å². The highest BCUT2D eigenvalue weighted by atomic mass is 16.4. The van der Waals surface area contributed by atoms with E-state index in [4.69, 9.17) is 4.42 Å². The Morgan fingerprint density at radius 2 is 1.58 bits per heavy atom. The highest BCUT2D eigenvalue weighted by Crippen LogP contribution is 2.18. The van der Waals surface area contributed by atoms with Crippen molar-refractivity contribution in [2.75, 3.05) is 6.54 Å². The Morgan fingerprint density at radius 3 is 2.18 bits per heavy atom. The maximum Gasteiger partial charge on any atom is 0.326 e. The molecule has 3 heterocycles. The topological polar surface area (TPSA) is 208 Å². The lowest BCUT2D eigenvalue weighted by molar-refractivity contribution is -0.141. The van der Waals surface area contributed by atoms with E-state index in [-0.39, 0.29) is 24.4 Å². The number of nitrogens with one attached hydrogen (secondary N) is 5. The largest absolute Gasteiger partial charge is 0.480 e. The van der Waals surface area contributed by atoms with Crippen LogP contribution < -0.4 is 16.0 Å². The van der Waals surface area contributed by atoms with Gasteiger partial charge in [-0.05, 0) is 12.1 Å². The van der Waals surface area contributed by atoms with Crippen molar-refractivity contribution in [3.8, 4) is 11.5 Å². The Labute approximate surface area is 215 Å². The van der Waals surface area contributed by atoms with Crippen LogP contribution in [0.25, 0.3) is 11.5 Å². The predicted molar refractivity (Wildman–Crippen MR) is 130 cm³/mol. The van der Waals surface area contributed by atoms with Crippen LogP contribution >= 0.6 is 0 Å². The van der Waals surface area contributed by atoms with Crippen LogP contribution in [-0.2, 0) is 27.2 Å². The Morgan fingerprint density at radius 1 is 0.921 bits per heavy atom. The fourth-order valence-corrected chi connectivity index (χ4v) is 3.50. The van der Waals surface area contributed by atoms with Crippen LogP contribution in [0.5, 0.6) is 0 Å². The smallest absolute Gasteiger partial charge is 0.326 e. The number of aromatic nitrogens is 5. The van der Waals surface area contributed by atoms with Crippen molar-refractivity contribution in [3.05, 3.63) is 78.7 Å². The zero-order valence-corrected chi connectivity index (χ0v) is 19.9. The van der Waals surface area contributed by atoms with E-state index in [1.807, 2.05) is 6.07 Å². The van der Waals surface area contributed by atoms with Gasteiger partial charge >= 0.3 is 5.97 Å². The number of imidazole rings is 2. The number of hydrogen-bond acceptors (Lipinski definition) is 8. The summed E-state index contributed by atoms with van der Waals surface area (Å²) >= 11 is 0. The van der Waals surface area contributed by atoms with Gasteiger partial charge in [-0.3, -0.25) is 14.4 Å². The van der Waals surface area contributed by atoms with Gasteiger partial charge in [0.25, 0.3) is 5.91 Å². The Bertz CT molecular complexity index is 1370. The molecule has 6 N–H and O–H groups in total. The first-order valence-electron chi connectivity index (χ1n) is 11.4. The van der Waals surface area contributed by atoms with Gasteiger partial charge in [-0.25, -0.2) is 19.7 Å². The molecule has 0 fully saturated rings. The van der Waals surface area contributed by atoms with Crippen molar-refractivity contribution in [1.82, 2.24) is 40.9 Å². The van der Waals surface area contributed by atoms with Gasteiger partial charge in [0, 0.05) is 42.2 Å². The van der Waals surface area contributed by atoms with Gasteiger partial charge in [0.2, 0.25) is 17.7 Å². The molecule has 0 radical (unpaired) electrons. The van der Waals surface area contributed by atoms with E-state index in [1.165, 1.54) is 31.3 Å². The van der Waals surface area contributed by atoms with E-state index >= 15 is 0 Å². The van der Waals surface area contributed by atoms with E-state index in [0.717, 1.165) is 0 Å². The summed E-state index contributed by atoms with van der Waals surface area (Å²) in [6.45, 7) is -0.511. The molecule has 2 atom stereocenters. The maximum atomic E-state index is 12.9. The summed E-state index contributed by atoms with van der Waals surface area (Å²) in [6, 6.07) is 6.65. The lowest BCUT2D eigenvalue weighted by atomic mass is 10.1. The molecule has 0 aliphatic carbocycles. The zero-order valence-electron chi connectivity index (χ0n) is 19.9. The molecule has 1 aromatic carbocycles. The fourth-order valence-electron chi connectivity index (χ4n) is 3.50. The maximum absolute atomic E-state index is 12.9. The van der Waals surface area contributed by atoms with Crippen LogP contribution in [0, 0.1) is 0 Å². The van der Waals surface area contributed by atoms with Gasteiger partial charge in [-0.15, -0.1) is 0 Å². The number of carboxylic acids is 1. The van der Waals surface area contributed by atoms with Crippen molar-refractivity contribution in [2.24, 2.45) is 0 Å². The van der Waals surface area contributed by atoms with Gasteiger partial charge in [0.05, 0.1) is 19.2 Å². The number of carboxylic acid groups (broad SMARTS) is 1. The first-order valence-corrected chi connectivity index (χ1v) is 11.4. The highest BCUT2D eigenvalue weighted by Gasteiger charge is 2.26. The molecular formula is C24H24N8O6. The molecule has 0 saturated carbocycles. The fraction of sp³-hybridized carbons (Fsp3) is 0.208. The molecule has 3 aromatic heterocycles. The first kappa shape index (κ1) is 25.8. The SMILES string of the molecule is O=C(CNC(=O)[C@H](Cc1cnc[nH]1)NC(=O)c1coc(-c2ccccc2)n1)N[C@@H](Cc1cnc[nH]1)C(=O)O. The second-order valence-electron chi connectivity index (χ2n) is 8.17. The Balaban J connectivity index is 1.37. The third-order valence-corrected chi connectivity index (χ3v) is 5.39. The molecule has 38 heavy (non-hydrogen) atoms. The van der Waals surface area contributed by atoms with E-state index in [1.54, 1.807) is 24.3 Å².